The second-order valence-corrected chi connectivity index (χ2v) is 7.29. The fourth-order valence-corrected chi connectivity index (χ4v) is 4.62. The molecule has 0 aliphatic heterocycles. The highest BCUT2D eigenvalue weighted by molar-refractivity contribution is 5.31. The van der Waals surface area contributed by atoms with Crippen molar-refractivity contribution in [3.63, 3.8) is 0 Å². The number of nitrogens with one attached hydrogen (secondary N) is 1. The molecule has 110 valence electrons. The van der Waals surface area contributed by atoms with Crippen LogP contribution < -0.4 is 5.32 Å². The fourth-order valence-electron chi connectivity index (χ4n) is 4.62. The van der Waals surface area contributed by atoms with Gasteiger partial charge >= 0.3 is 0 Å². The summed E-state index contributed by atoms with van der Waals surface area (Å²) in [4.78, 5) is 0. The van der Waals surface area contributed by atoms with Gasteiger partial charge in [0.15, 0.2) is 0 Å². The average molecular weight is 271 g/mol. The average Bonchev–Trinajstić information content (AvgIpc) is 3.04. The molecule has 1 nitrogen and oxygen atoms in total. The molecule has 2 saturated carbocycles. The molecule has 1 aromatic carbocycles. The predicted molar refractivity (Wildman–Crippen MR) is 86.0 cm³/mol. The Hall–Kier alpha value is -0.820. The summed E-state index contributed by atoms with van der Waals surface area (Å²) >= 11 is 0. The van der Waals surface area contributed by atoms with Gasteiger partial charge in [-0.15, -0.1) is 0 Å². The highest BCUT2D eigenvalue weighted by Gasteiger charge is 2.39. The van der Waals surface area contributed by atoms with E-state index >= 15 is 0 Å². The summed E-state index contributed by atoms with van der Waals surface area (Å²) in [5.41, 5.74) is 4.37. The molecule has 3 rings (SSSR count). The Morgan fingerprint density at radius 2 is 2.05 bits per heavy atom. The summed E-state index contributed by atoms with van der Waals surface area (Å²) in [6.45, 7) is 4.45. The van der Waals surface area contributed by atoms with E-state index in [0.29, 0.717) is 6.04 Å². The molecule has 1 heteroatoms. The Bertz CT molecular complexity index is 465. The molecule has 1 aromatic rings. The number of hydrogen-bond acceptors (Lipinski definition) is 1. The van der Waals surface area contributed by atoms with Crippen LogP contribution in [0.25, 0.3) is 0 Å². The van der Waals surface area contributed by atoms with Crippen LogP contribution in [-0.4, -0.2) is 13.1 Å². The van der Waals surface area contributed by atoms with E-state index in [9.17, 15) is 0 Å². The molecule has 2 bridgehead atoms. The van der Waals surface area contributed by atoms with Crippen LogP contribution in [0.3, 0.4) is 0 Å². The molecule has 4 atom stereocenters. The minimum absolute atomic E-state index is 0.653. The van der Waals surface area contributed by atoms with E-state index in [1.54, 1.807) is 0 Å². The van der Waals surface area contributed by atoms with Gasteiger partial charge in [0.2, 0.25) is 0 Å². The van der Waals surface area contributed by atoms with E-state index in [1.165, 1.54) is 55.2 Å². The van der Waals surface area contributed by atoms with E-state index in [0.717, 1.165) is 17.8 Å². The maximum atomic E-state index is 3.58. The van der Waals surface area contributed by atoms with Gasteiger partial charge in [-0.1, -0.05) is 30.2 Å². The van der Waals surface area contributed by atoms with E-state index in [1.807, 2.05) is 0 Å². The normalized spacial score (nSPS) is 29.9. The van der Waals surface area contributed by atoms with Crippen molar-refractivity contribution in [1.82, 2.24) is 5.32 Å². The van der Waals surface area contributed by atoms with Crippen molar-refractivity contribution < 1.29 is 0 Å². The molecule has 1 N–H and O–H groups in total. The maximum absolute atomic E-state index is 3.58. The number of rotatable bonds is 5. The van der Waals surface area contributed by atoms with Gasteiger partial charge in [-0.2, -0.15) is 0 Å². The summed E-state index contributed by atoms with van der Waals surface area (Å²) in [6, 6.07) is 7.53. The summed E-state index contributed by atoms with van der Waals surface area (Å²) in [5, 5.41) is 3.58. The van der Waals surface area contributed by atoms with Crippen molar-refractivity contribution >= 4 is 0 Å². The first-order valence-corrected chi connectivity index (χ1v) is 8.39. The van der Waals surface area contributed by atoms with Gasteiger partial charge < -0.3 is 5.32 Å². The van der Waals surface area contributed by atoms with Gasteiger partial charge in [0.05, 0.1) is 0 Å². The van der Waals surface area contributed by atoms with E-state index in [2.05, 4.69) is 44.4 Å². The Kier molecular flexibility index (Phi) is 4.16. The fraction of sp³-hybridized carbons (Fsp3) is 0.684. The summed E-state index contributed by atoms with van der Waals surface area (Å²) < 4.78 is 0. The SMILES string of the molecule is CNC(Cc1cc(C)ccc1C)CC1CC2CCC1C2. The maximum Gasteiger partial charge on any atom is 0.0107 e. The van der Waals surface area contributed by atoms with Crippen molar-refractivity contribution in [2.75, 3.05) is 7.05 Å². The van der Waals surface area contributed by atoms with Crippen LogP contribution in [0.4, 0.5) is 0 Å². The quantitative estimate of drug-likeness (QED) is 0.843. The number of likely N-dealkylation sites (N-methyl/N-ethyl adjacent to an activating group) is 1. The van der Waals surface area contributed by atoms with Crippen molar-refractivity contribution in [2.45, 2.75) is 58.4 Å². The smallest absolute Gasteiger partial charge is 0.0107 e. The standard InChI is InChI=1S/C19H29N/c1-13-4-5-14(2)17(8-13)11-19(20-3)12-18-10-15-6-7-16(18)9-15/h4-5,8,15-16,18-20H,6-7,9-12H2,1-3H3. The third-order valence-electron chi connectivity index (χ3n) is 5.85. The highest BCUT2D eigenvalue weighted by atomic mass is 14.9. The Labute approximate surface area is 124 Å². The lowest BCUT2D eigenvalue weighted by Crippen LogP contribution is -2.31. The van der Waals surface area contributed by atoms with Crippen LogP contribution in [0, 0.1) is 31.6 Å². The van der Waals surface area contributed by atoms with Crippen LogP contribution in [0.2, 0.25) is 0 Å². The predicted octanol–water partition coefficient (Wildman–Crippen LogP) is 4.26. The number of aryl methyl sites for hydroxylation is 2. The summed E-state index contributed by atoms with van der Waals surface area (Å²) in [5.74, 6) is 3.12. The van der Waals surface area contributed by atoms with Crippen LogP contribution >= 0.6 is 0 Å². The molecule has 0 saturated heterocycles. The zero-order valence-corrected chi connectivity index (χ0v) is 13.3. The van der Waals surface area contributed by atoms with Gasteiger partial charge in [-0.25, -0.2) is 0 Å². The zero-order valence-electron chi connectivity index (χ0n) is 13.3. The molecule has 2 fully saturated rings. The van der Waals surface area contributed by atoms with E-state index in [-0.39, 0.29) is 0 Å². The van der Waals surface area contributed by atoms with Crippen LogP contribution in [0.15, 0.2) is 18.2 Å². The third-order valence-corrected chi connectivity index (χ3v) is 5.85. The molecule has 0 radical (unpaired) electrons. The first-order valence-electron chi connectivity index (χ1n) is 8.39. The van der Waals surface area contributed by atoms with E-state index in [4.69, 9.17) is 0 Å². The third kappa shape index (κ3) is 2.93. The molecular weight excluding hydrogens is 242 g/mol. The van der Waals surface area contributed by atoms with Crippen molar-refractivity contribution in [3.8, 4) is 0 Å². The molecule has 2 aliphatic rings. The highest BCUT2D eigenvalue weighted by Crippen LogP contribution is 2.50. The lowest BCUT2D eigenvalue weighted by atomic mass is 9.82. The largest absolute Gasteiger partial charge is 0.317 e. The molecule has 0 spiro atoms. The lowest BCUT2D eigenvalue weighted by Gasteiger charge is -2.27. The first kappa shape index (κ1) is 14.1. The second kappa shape index (κ2) is 5.89. The second-order valence-electron chi connectivity index (χ2n) is 7.29. The topological polar surface area (TPSA) is 12.0 Å². The Morgan fingerprint density at radius 1 is 1.20 bits per heavy atom. The lowest BCUT2D eigenvalue weighted by molar-refractivity contribution is 0.281. The minimum Gasteiger partial charge on any atom is -0.317 e. The van der Waals surface area contributed by atoms with Crippen molar-refractivity contribution in [3.05, 3.63) is 34.9 Å². The minimum atomic E-state index is 0.653. The van der Waals surface area contributed by atoms with Gasteiger partial charge in [0, 0.05) is 6.04 Å². The monoisotopic (exact) mass is 271 g/mol. The summed E-state index contributed by atoms with van der Waals surface area (Å²) in [7, 11) is 2.14. The van der Waals surface area contributed by atoms with Crippen LogP contribution in [0.5, 0.6) is 0 Å². The zero-order chi connectivity index (χ0) is 14.1. The molecule has 4 unspecified atom stereocenters. The van der Waals surface area contributed by atoms with Crippen LogP contribution in [0.1, 0.15) is 48.8 Å². The Balaban J connectivity index is 1.63. The van der Waals surface area contributed by atoms with Crippen molar-refractivity contribution in [1.29, 1.82) is 0 Å². The number of fused-ring (bicyclic) bond motifs is 2. The Morgan fingerprint density at radius 3 is 2.70 bits per heavy atom. The van der Waals surface area contributed by atoms with Gasteiger partial charge in [-0.05, 0) is 81.9 Å². The van der Waals surface area contributed by atoms with Crippen LogP contribution in [-0.2, 0) is 6.42 Å². The molecule has 0 aromatic heterocycles. The van der Waals surface area contributed by atoms with Crippen molar-refractivity contribution in [2.24, 2.45) is 17.8 Å². The molecule has 2 aliphatic carbocycles. The molecule has 20 heavy (non-hydrogen) atoms. The number of benzene rings is 1. The molecule has 0 heterocycles. The summed E-state index contributed by atoms with van der Waals surface area (Å²) in [6.07, 6.45) is 8.64. The van der Waals surface area contributed by atoms with Gasteiger partial charge in [0.25, 0.3) is 0 Å². The van der Waals surface area contributed by atoms with E-state index < -0.39 is 0 Å². The number of hydrogen-bond donors (Lipinski definition) is 1. The molecular formula is C19H29N. The first-order chi connectivity index (χ1) is 9.65. The van der Waals surface area contributed by atoms with Gasteiger partial charge in [-0.3, -0.25) is 0 Å². The van der Waals surface area contributed by atoms with Gasteiger partial charge in [0.1, 0.15) is 0 Å². The molecule has 0 amide bonds.